The van der Waals surface area contributed by atoms with E-state index < -0.39 is 96.6 Å². The Kier molecular flexibility index (Phi) is 25.5. The van der Waals surface area contributed by atoms with Gasteiger partial charge in [-0.25, -0.2) is 0 Å². The molecular formula is C32H64N12O9. The molecule has 0 aromatic carbocycles. The molecule has 0 radical (unpaired) electrons. The van der Waals surface area contributed by atoms with E-state index in [0.717, 1.165) is 0 Å². The SMILES string of the molecule is CCC(C)C(NC(=O)C(CC(N)=O)NC(=O)C(CCCNC(N)N)NC(=O)C(CCCCN)NC=O)C(=O)NC(CCCCN)C(=O)NC(C)C(O)O. The number of hydrogen-bond acceptors (Lipinski definition) is 14. The Morgan fingerprint density at radius 2 is 1.13 bits per heavy atom. The summed E-state index contributed by atoms with van der Waals surface area (Å²) in [6.07, 6.45) is 0.176. The summed E-state index contributed by atoms with van der Waals surface area (Å²) in [5.41, 5.74) is 27.6. The predicted molar refractivity (Wildman–Crippen MR) is 195 cm³/mol. The lowest BCUT2D eigenvalue weighted by Crippen LogP contribution is -2.61. The first-order chi connectivity index (χ1) is 25.0. The van der Waals surface area contributed by atoms with E-state index in [-0.39, 0.29) is 32.2 Å². The highest BCUT2D eigenvalue weighted by molar-refractivity contribution is 5.97. The number of primary amides is 1. The molecule has 19 N–H and O–H groups in total. The van der Waals surface area contributed by atoms with Crippen molar-refractivity contribution in [2.45, 2.75) is 134 Å². The molecular weight excluding hydrogens is 696 g/mol. The summed E-state index contributed by atoms with van der Waals surface area (Å²) in [5, 5.41) is 36.7. The highest BCUT2D eigenvalue weighted by Gasteiger charge is 2.35. The molecule has 0 heterocycles. The van der Waals surface area contributed by atoms with Crippen molar-refractivity contribution in [2.75, 3.05) is 19.6 Å². The van der Waals surface area contributed by atoms with Gasteiger partial charge in [0.2, 0.25) is 41.9 Å². The maximum absolute atomic E-state index is 13.7. The monoisotopic (exact) mass is 760 g/mol. The smallest absolute Gasteiger partial charge is 0.243 e. The van der Waals surface area contributed by atoms with Gasteiger partial charge in [-0.2, -0.15) is 0 Å². The van der Waals surface area contributed by atoms with Crippen LogP contribution in [0.2, 0.25) is 0 Å². The number of carbonyl (C=O) groups is 7. The summed E-state index contributed by atoms with van der Waals surface area (Å²) in [6, 6.07) is -7.25. The average Bonchev–Trinajstić information content (AvgIpc) is 3.09. The van der Waals surface area contributed by atoms with E-state index in [1.165, 1.54) is 6.92 Å². The van der Waals surface area contributed by atoms with Gasteiger partial charge in [0.15, 0.2) is 6.29 Å². The van der Waals surface area contributed by atoms with Crippen molar-refractivity contribution >= 4 is 41.9 Å². The number of unbranched alkanes of at least 4 members (excludes halogenated alkanes) is 2. The first-order valence-electron chi connectivity index (χ1n) is 18.0. The third kappa shape index (κ3) is 20.7. The summed E-state index contributed by atoms with van der Waals surface area (Å²) < 4.78 is 0. The van der Waals surface area contributed by atoms with Gasteiger partial charge in [-0.15, -0.1) is 0 Å². The van der Waals surface area contributed by atoms with Crippen LogP contribution in [0.3, 0.4) is 0 Å². The van der Waals surface area contributed by atoms with Crippen LogP contribution in [0.5, 0.6) is 0 Å². The molecule has 0 aromatic rings. The Morgan fingerprint density at radius 1 is 0.660 bits per heavy atom. The van der Waals surface area contributed by atoms with Crippen LogP contribution in [0.25, 0.3) is 0 Å². The van der Waals surface area contributed by atoms with Gasteiger partial charge in [0.05, 0.1) is 12.5 Å². The van der Waals surface area contributed by atoms with Crippen molar-refractivity contribution in [3.05, 3.63) is 0 Å². The fourth-order valence-electron chi connectivity index (χ4n) is 5.04. The van der Waals surface area contributed by atoms with Crippen LogP contribution in [-0.4, -0.2) is 121 Å². The van der Waals surface area contributed by atoms with Crippen LogP contribution >= 0.6 is 0 Å². The maximum atomic E-state index is 13.7. The third-order valence-corrected chi connectivity index (χ3v) is 8.44. The number of amides is 7. The lowest BCUT2D eigenvalue weighted by molar-refractivity contribution is -0.137. The molecule has 0 aliphatic heterocycles. The van der Waals surface area contributed by atoms with Crippen molar-refractivity contribution in [2.24, 2.45) is 34.6 Å². The molecule has 7 amide bonds. The van der Waals surface area contributed by atoms with Gasteiger partial charge in [0.1, 0.15) is 36.5 Å². The summed E-state index contributed by atoms with van der Waals surface area (Å²) in [5.74, 6) is -5.37. The normalized spacial score (nSPS) is 15.2. The molecule has 0 saturated heterocycles. The van der Waals surface area contributed by atoms with Crippen LogP contribution < -0.4 is 65.9 Å². The van der Waals surface area contributed by atoms with Gasteiger partial charge in [-0.1, -0.05) is 20.3 Å². The molecule has 21 heteroatoms. The van der Waals surface area contributed by atoms with Gasteiger partial charge < -0.3 is 70.8 Å². The number of carbonyl (C=O) groups excluding carboxylic acids is 7. The quantitative estimate of drug-likeness (QED) is 0.0185. The second kappa shape index (κ2) is 27.6. The van der Waals surface area contributed by atoms with Crippen molar-refractivity contribution in [1.82, 2.24) is 37.2 Å². The molecule has 0 aliphatic rings. The standard InChI is InChI=1S/C32H64N12O9/c1-4-18(2)25(30(51)42-21(11-6-8-14-34)27(48)40-19(3)31(52)53)44-29(50)23(16-24(35)46)43-28(49)22(12-9-15-38-32(36)37)41-26(47)20(39-17-45)10-5-7-13-33/h17-23,25,31-32,38,52-53H,4-16,33-34,36-37H2,1-3H3,(H2,35,46)(H,39,45)(H,40,48)(H,41,47)(H,42,51)(H,43,49)(H,44,50). The first-order valence-corrected chi connectivity index (χ1v) is 18.0. The van der Waals surface area contributed by atoms with Crippen molar-refractivity contribution in [3.63, 3.8) is 0 Å². The number of aliphatic hydroxyl groups is 2. The summed E-state index contributed by atoms with van der Waals surface area (Å²) in [4.78, 5) is 90.4. The summed E-state index contributed by atoms with van der Waals surface area (Å²) >= 11 is 0. The Morgan fingerprint density at radius 3 is 1.62 bits per heavy atom. The Balaban J connectivity index is 6.25. The molecule has 53 heavy (non-hydrogen) atoms. The first kappa shape index (κ1) is 49.0. The number of nitrogens with two attached hydrogens (primary N) is 5. The van der Waals surface area contributed by atoms with Gasteiger partial charge in [-0.05, 0) is 83.8 Å². The van der Waals surface area contributed by atoms with E-state index in [9.17, 15) is 43.8 Å². The molecule has 306 valence electrons. The zero-order valence-corrected chi connectivity index (χ0v) is 31.1. The molecule has 0 spiro atoms. The number of rotatable bonds is 30. The Labute approximate surface area is 310 Å². The average molecular weight is 761 g/mol. The largest absolute Gasteiger partial charge is 0.370 e. The molecule has 7 unspecified atom stereocenters. The van der Waals surface area contributed by atoms with E-state index >= 15 is 0 Å². The van der Waals surface area contributed by atoms with Gasteiger partial charge in [0.25, 0.3) is 0 Å². The molecule has 7 atom stereocenters. The summed E-state index contributed by atoms with van der Waals surface area (Å²) in [7, 11) is 0. The Hall–Kier alpha value is -3.99. The van der Waals surface area contributed by atoms with Crippen LogP contribution in [-0.2, 0) is 33.6 Å². The fraction of sp³-hybridized carbons (Fsp3) is 0.781. The van der Waals surface area contributed by atoms with E-state index in [1.807, 2.05) is 0 Å². The van der Waals surface area contributed by atoms with Crippen molar-refractivity contribution in [1.29, 1.82) is 0 Å². The molecule has 0 aromatic heterocycles. The third-order valence-electron chi connectivity index (χ3n) is 8.44. The van der Waals surface area contributed by atoms with E-state index in [1.54, 1.807) is 13.8 Å². The van der Waals surface area contributed by atoms with E-state index in [2.05, 4.69) is 37.2 Å². The highest BCUT2D eigenvalue weighted by atomic mass is 16.5. The minimum Gasteiger partial charge on any atom is -0.370 e. The molecule has 0 saturated carbocycles. The van der Waals surface area contributed by atoms with Crippen LogP contribution in [0.15, 0.2) is 0 Å². The maximum Gasteiger partial charge on any atom is 0.243 e. The topological polar surface area (TPSA) is 374 Å². The lowest BCUT2D eigenvalue weighted by atomic mass is 9.96. The predicted octanol–water partition coefficient (Wildman–Crippen LogP) is -5.39. The van der Waals surface area contributed by atoms with Gasteiger partial charge in [0, 0.05) is 0 Å². The van der Waals surface area contributed by atoms with Crippen molar-refractivity contribution < 1.29 is 43.8 Å². The number of aliphatic hydroxyl groups excluding tert-OH is 1. The molecule has 21 nitrogen and oxygen atoms in total. The Bertz CT molecular complexity index is 1150. The van der Waals surface area contributed by atoms with E-state index in [0.29, 0.717) is 51.6 Å². The van der Waals surface area contributed by atoms with Crippen LogP contribution in [0.4, 0.5) is 0 Å². The molecule has 0 fully saturated rings. The fourth-order valence-corrected chi connectivity index (χ4v) is 5.04. The van der Waals surface area contributed by atoms with Gasteiger partial charge in [-0.3, -0.25) is 38.9 Å². The second-order valence-electron chi connectivity index (χ2n) is 13.0. The van der Waals surface area contributed by atoms with Crippen LogP contribution in [0, 0.1) is 5.92 Å². The van der Waals surface area contributed by atoms with E-state index in [4.69, 9.17) is 28.7 Å². The molecule has 0 aliphatic carbocycles. The lowest BCUT2D eigenvalue weighted by Gasteiger charge is -2.29. The second-order valence-corrected chi connectivity index (χ2v) is 13.0. The van der Waals surface area contributed by atoms with Crippen molar-refractivity contribution in [3.8, 4) is 0 Å². The summed E-state index contributed by atoms with van der Waals surface area (Å²) in [6.45, 7) is 5.76. The zero-order chi connectivity index (χ0) is 40.5. The molecule has 0 rings (SSSR count). The number of hydrogen-bond donors (Lipinski definition) is 14. The minimum absolute atomic E-state index is 0.0241. The minimum atomic E-state index is -1.85. The highest BCUT2D eigenvalue weighted by Crippen LogP contribution is 2.12. The number of nitrogens with one attached hydrogen (secondary N) is 7. The zero-order valence-electron chi connectivity index (χ0n) is 31.1. The molecule has 0 bridgehead atoms. The van der Waals surface area contributed by atoms with Gasteiger partial charge >= 0.3 is 0 Å². The van der Waals surface area contributed by atoms with Crippen LogP contribution in [0.1, 0.15) is 85.0 Å².